The molecular formula is C24H35NO2S. The Labute approximate surface area is 174 Å². The highest BCUT2D eigenvalue weighted by molar-refractivity contribution is 8.00. The highest BCUT2D eigenvalue weighted by Gasteiger charge is 2.40. The Morgan fingerprint density at radius 1 is 1.14 bits per heavy atom. The number of thioether (sulfide) groups is 1. The minimum absolute atomic E-state index is 0.130. The molecule has 4 rings (SSSR count). The maximum atomic E-state index is 12.8. The van der Waals surface area contributed by atoms with Crippen LogP contribution in [0.1, 0.15) is 69.4 Å². The topological polar surface area (TPSA) is 29.5 Å². The monoisotopic (exact) mass is 401 g/mol. The molecule has 1 unspecified atom stereocenters. The van der Waals surface area contributed by atoms with Gasteiger partial charge in [-0.05, 0) is 79.9 Å². The van der Waals surface area contributed by atoms with Gasteiger partial charge < -0.3 is 9.64 Å². The molecule has 1 amide bonds. The second-order valence-electron chi connectivity index (χ2n) is 9.06. The van der Waals surface area contributed by atoms with Crippen LogP contribution in [0.5, 0.6) is 5.75 Å². The van der Waals surface area contributed by atoms with Gasteiger partial charge in [-0.2, -0.15) is 11.8 Å². The number of carbonyl (C=O) groups is 1. The van der Waals surface area contributed by atoms with Gasteiger partial charge in [0.15, 0.2) is 6.61 Å². The van der Waals surface area contributed by atoms with Crippen molar-refractivity contribution in [3.05, 3.63) is 29.3 Å². The van der Waals surface area contributed by atoms with E-state index in [0.717, 1.165) is 25.3 Å². The summed E-state index contributed by atoms with van der Waals surface area (Å²) in [6.45, 7) is 3.91. The van der Waals surface area contributed by atoms with E-state index in [2.05, 4.69) is 30.8 Å². The van der Waals surface area contributed by atoms with Crippen molar-refractivity contribution in [1.29, 1.82) is 0 Å². The Morgan fingerprint density at radius 3 is 2.71 bits per heavy atom. The van der Waals surface area contributed by atoms with Crippen molar-refractivity contribution in [2.45, 2.75) is 76.4 Å². The molecule has 4 heteroatoms. The number of benzene rings is 1. The Hall–Kier alpha value is -1.16. The van der Waals surface area contributed by atoms with Crippen LogP contribution in [0, 0.1) is 5.41 Å². The molecule has 0 radical (unpaired) electrons. The fraction of sp³-hybridized carbons (Fsp3) is 0.708. The zero-order chi connectivity index (χ0) is 19.4. The third-order valence-corrected chi connectivity index (χ3v) is 8.61. The largest absolute Gasteiger partial charge is 0.484 e. The van der Waals surface area contributed by atoms with E-state index >= 15 is 0 Å². The average molecular weight is 402 g/mol. The smallest absolute Gasteiger partial charge is 0.260 e. The van der Waals surface area contributed by atoms with Crippen molar-refractivity contribution < 1.29 is 9.53 Å². The third kappa shape index (κ3) is 4.69. The van der Waals surface area contributed by atoms with Crippen LogP contribution in [0.4, 0.5) is 0 Å². The van der Waals surface area contributed by atoms with Crippen LogP contribution in [0.25, 0.3) is 0 Å². The number of hydrogen-bond donors (Lipinski definition) is 0. The van der Waals surface area contributed by atoms with Crippen molar-refractivity contribution in [2.24, 2.45) is 5.41 Å². The SMILES string of the molecule is CCN(CC1CC2(CCCCCC2)CS1)C(=O)COc1ccc2c(c1)CCC2. The highest BCUT2D eigenvalue weighted by Crippen LogP contribution is 2.49. The van der Waals surface area contributed by atoms with Crippen molar-refractivity contribution >= 4 is 17.7 Å². The number of nitrogens with zero attached hydrogens (tertiary/aromatic N) is 1. The summed E-state index contributed by atoms with van der Waals surface area (Å²) in [7, 11) is 0. The molecule has 1 atom stereocenters. The summed E-state index contributed by atoms with van der Waals surface area (Å²) in [5.74, 6) is 2.28. The zero-order valence-electron chi connectivity index (χ0n) is 17.4. The van der Waals surface area contributed by atoms with Gasteiger partial charge in [0.25, 0.3) is 5.91 Å². The van der Waals surface area contributed by atoms with Gasteiger partial charge >= 0.3 is 0 Å². The summed E-state index contributed by atoms with van der Waals surface area (Å²) >= 11 is 2.11. The van der Waals surface area contributed by atoms with E-state index in [9.17, 15) is 4.79 Å². The van der Waals surface area contributed by atoms with Crippen LogP contribution in [-0.4, -0.2) is 41.5 Å². The van der Waals surface area contributed by atoms with Gasteiger partial charge in [0.2, 0.25) is 0 Å². The number of hydrogen-bond acceptors (Lipinski definition) is 3. The van der Waals surface area contributed by atoms with Crippen molar-refractivity contribution in [3.8, 4) is 5.75 Å². The van der Waals surface area contributed by atoms with E-state index in [-0.39, 0.29) is 12.5 Å². The van der Waals surface area contributed by atoms with Crippen LogP contribution in [0.15, 0.2) is 18.2 Å². The lowest BCUT2D eigenvalue weighted by Crippen LogP contribution is -2.39. The predicted molar refractivity (Wildman–Crippen MR) is 117 cm³/mol. The van der Waals surface area contributed by atoms with Crippen molar-refractivity contribution in [2.75, 3.05) is 25.4 Å². The lowest BCUT2D eigenvalue weighted by molar-refractivity contribution is -0.133. The number of rotatable bonds is 6. The van der Waals surface area contributed by atoms with Crippen LogP contribution < -0.4 is 4.74 Å². The minimum Gasteiger partial charge on any atom is -0.484 e. The number of fused-ring (bicyclic) bond motifs is 1. The number of carbonyl (C=O) groups excluding carboxylic acids is 1. The van der Waals surface area contributed by atoms with Crippen LogP contribution >= 0.6 is 11.8 Å². The maximum Gasteiger partial charge on any atom is 0.260 e. The molecule has 2 fully saturated rings. The molecule has 1 aromatic carbocycles. The van der Waals surface area contributed by atoms with Gasteiger partial charge in [-0.3, -0.25) is 4.79 Å². The van der Waals surface area contributed by atoms with E-state index < -0.39 is 0 Å². The van der Waals surface area contributed by atoms with E-state index in [1.807, 2.05) is 11.0 Å². The fourth-order valence-electron chi connectivity index (χ4n) is 5.37. The lowest BCUT2D eigenvalue weighted by Gasteiger charge is -2.28. The Morgan fingerprint density at radius 2 is 1.93 bits per heavy atom. The molecule has 1 saturated carbocycles. The lowest BCUT2D eigenvalue weighted by atomic mass is 9.78. The minimum atomic E-state index is 0.130. The summed E-state index contributed by atoms with van der Waals surface area (Å²) in [5, 5.41) is 0.599. The van der Waals surface area contributed by atoms with Gasteiger partial charge in [0.1, 0.15) is 5.75 Å². The van der Waals surface area contributed by atoms with Gasteiger partial charge in [0.05, 0.1) is 0 Å². The zero-order valence-corrected chi connectivity index (χ0v) is 18.2. The summed E-state index contributed by atoms with van der Waals surface area (Å²) < 4.78 is 5.87. The number of aryl methyl sites for hydroxylation is 2. The van der Waals surface area contributed by atoms with Crippen LogP contribution in [0.2, 0.25) is 0 Å². The van der Waals surface area contributed by atoms with Crippen LogP contribution in [0.3, 0.4) is 0 Å². The first-order valence-corrected chi connectivity index (χ1v) is 12.4. The molecule has 1 spiro atoms. The third-order valence-electron chi connectivity index (χ3n) is 7.04. The summed E-state index contributed by atoms with van der Waals surface area (Å²) in [6, 6.07) is 6.33. The molecule has 154 valence electrons. The molecule has 3 aliphatic rings. The molecule has 28 heavy (non-hydrogen) atoms. The Balaban J connectivity index is 1.28. The summed E-state index contributed by atoms with van der Waals surface area (Å²) in [4.78, 5) is 14.8. The second-order valence-corrected chi connectivity index (χ2v) is 10.3. The second kappa shape index (κ2) is 9.11. The Kier molecular flexibility index (Phi) is 6.55. The fourth-order valence-corrected chi connectivity index (χ4v) is 7.12. The molecule has 1 saturated heterocycles. The van der Waals surface area contributed by atoms with Gasteiger partial charge in [-0.25, -0.2) is 0 Å². The Bertz CT molecular complexity index is 681. The standard InChI is InChI=1S/C24H35NO2S/c1-2-25(16-22-15-24(18-28-22)12-5-3-4-6-13-24)23(26)17-27-21-11-10-19-8-7-9-20(19)14-21/h10-11,14,22H,2-9,12-13,15-18H2,1H3. The number of ether oxygens (including phenoxy) is 1. The van der Waals surface area contributed by atoms with E-state index in [0.29, 0.717) is 10.7 Å². The molecule has 3 nitrogen and oxygen atoms in total. The quantitative estimate of drug-likeness (QED) is 0.652. The molecule has 0 aromatic heterocycles. The first-order valence-electron chi connectivity index (χ1n) is 11.3. The maximum absolute atomic E-state index is 12.8. The molecule has 1 aromatic rings. The van der Waals surface area contributed by atoms with Crippen molar-refractivity contribution in [1.82, 2.24) is 4.90 Å². The first-order chi connectivity index (χ1) is 13.7. The predicted octanol–water partition coefficient (Wildman–Crippen LogP) is 5.25. The van der Waals surface area contributed by atoms with Gasteiger partial charge in [-0.15, -0.1) is 0 Å². The average Bonchev–Trinajstić information content (AvgIpc) is 3.26. The van der Waals surface area contributed by atoms with E-state index in [4.69, 9.17) is 4.74 Å². The van der Waals surface area contributed by atoms with E-state index in [1.54, 1.807) is 0 Å². The first kappa shape index (κ1) is 20.1. The molecule has 2 aliphatic carbocycles. The highest BCUT2D eigenvalue weighted by atomic mass is 32.2. The number of amides is 1. The van der Waals surface area contributed by atoms with Gasteiger partial charge in [0, 0.05) is 18.3 Å². The number of likely N-dealkylation sites (N-methyl/N-ethyl adjacent to an activating group) is 1. The van der Waals surface area contributed by atoms with Crippen molar-refractivity contribution in [3.63, 3.8) is 0 Å². The molecule has 0 bridgehead atoms. The van der Waals surface area contributed by atoms with E-state index in [1.165, 1.54) is 74.7 Å². The summed E-state index contributed by atoms with van der Waals surface area (Å²) in [6.07, 6.45) is 13.3. The normalized spacial score (nSPS) is 23.4. The van der Waals surface area contributed by atoms with Gasteiger partial charge in [-0.1, -0.05) is 31.7 Å². The molecular weight excluding hydrogens is 366 g/mol. The molecule has 1 heterocycles. The summed E-state index contributed by atoms with van der Waals surface area (Å²) in [5.41, 5.74) is 3.41. The molecule has 1 aliphatic heterocycles. The molecule has 0 N–H and O–H groups in total. The van der Waals surface area contributed by atoms with Crippen LogP contribution in [-0.2, 0) is 17.6 Å².